The lowest BCUT2D eigenvalue weighted by Gasteiger charge is -2.42. The van der Waals surface area contributed by atoms with Crippen molar-refractivity contribution in [1.29, 1.82) is 0 Å². The molecule has 1 aliphatic rings. The Morgan fingerprint density at radius 3 is 2.00 bits per heavy atom. The average molecular weight is 270 g/mol. The highest BCUT2D eigenvalue weighted by atomic mass is 16.5. The van der Waals surface area contributed by atoms with Crippen LogP contribution in [-0.2, 0) is 4.74 Å². The van der Waals surface area contributed by atoms with Crippen molar-refractivity contribution in [3.05, 3.63) is 0 Å². The van der Waals surface area contributed by atoms with E-state index in [1.165, 1.54) is 32.5 Å². The van der Waals surface area contributed by atoms with Gasteiger partial charge in [0.25, 0.3) is 0 Å². The highest BCUT2D eigenvalue weighted by molar-refractivity contribution is 4.88. The Morgan fingerprint density at radius 2 is 1.58 bits per heavy atom. The van der Waals surface area contributed by atoms with E-state index in [9.17, 15) is 0 Å². The minimum atomic E-state index is 0.365. The number of piperidine rings is 1. The summed E-state index contributed by atoms with van der Waals surface area (Å²) < 4.78 is 5.54. The van der Waals surface area contributed by atoms with Crippen molar-refractivity contribution in [1.82, 2.24) is 10.2 Å². The Morgan fingerprint density at radius 1 is 1.05 bits per heavy atom. The molecular weight excluding hydrogens is 236 g/mol. The van der Waals surface area contributed by atoms with Crippen LogP contribution in [0.3, 0.4) is 0 Å². The monoisotopic (exact) mass is 270 g/mol. The summed E-state index contributed by atoms with van der Waals surface area (Å²) in [5.41, 5.74) is 0.365. The molecule has 0 spiro atoms. The van der Waals surface area contributed by atoms with E-state index >= 15 is 0 Å². The molecule has 0 aromatic heterocycles. The van der Waals surface area contributed by atoms with Crippen molar-refractivity contribution in [2.24, 2.45) is 17.3 Å². The van der Waals surface area contributed by atoms with E-state index in [4.69, 9.17) is 4.74 Å². The number of hydrogen-bond donors (Lipinski definition) is 1. The van der Waals surface area contributed by atoms with E-state index in [0.717, 1.165) is 31.5 Å². The molecule has 1 fully saturated rings. The van der Waals surface area contributed by atoms with Crippen molar-refractivity contribution in [3.63, 3.8) is 0 Å². The Kier molecular flexibility index (Phi) is 7.33. The molecule has 1 N–H and O–H groups in total. The molecule has 0 radical (unpaired) electrons. The van der Waals surface area contributed by atoms with Crippen LogP contribution in [0.2, 0.25) is 0 Å². The maximum Gasteiger partial charge on any atom is 0.0531 e. The first-order valence-corrected chi connectivity index (χ1v) is 7.89. The van der Waals surface area contributed by atoms with Gasteiger partial charge in [0.15, 0.2) is 0 Å². The van der Waals surface area contributed by atoms with Gasteiger partial charge in [0.2, 0.25) is 0 Å². The third kappa shape index (κ3) is 6.24. The number of ether oxygens (including phenoxy) is 1. The van der Waals surface area contributed by atoms with Crippen molar-refractivity contribution < 1.29 is 4.74 Å². The van der Waals surface area contributed by atoms with Crippen molar-refractivity contribution in [3.8, 4) is 0 Å². The Bertz CT molecular complexity index is 219. The topological polar surface area (TPSA) is 24.5 Å². The lowest BCUT2D eigenvalue weighted by Crippen LogP contribution is -2.48. The second-order valence-electron chi connectivity index (χ2n) is 7.16. The highest BCUT2D eigenvalue weighted by Gasteiger charge is 2.34. The van der Waals surface area contributed by atoms with Gasteiger partial charge < -0.3 is 15.0 Å². The van der Waals surface area contributed by atoms with Crippen molar-refractivity contribution in [2.45, 2.75) is 40.5 Å². The van der Waals surface area contributed by atoms with Gasteiger partial charge in [0, 0.05) is 32.2 Å². The lowest BCUT2D eigenvalue weighted by atomic mass is 9.79. The zero-order valence-corrected chi connectivity index (χ0v) is 13.7. The van der Waals surface area contributed by atoms with Crippen LogP contribution in [0.25, 0.3) is 0 Å². The molecule has 19 heavy (non-hydrogen) atoms. The van der Waals surface area contributed by atoms with Crippen LogP contribution < -0.4 is 5.32 Å². The molecule has 3 nitrogen and oxygen atoms in total. The van der Waals surface area contributed by atoms with E-state index in [-0.39, 0.29) is 0 Å². The van der Waals surface area contributed by atoms with E-state index in [1.807, 2.05) is 7.11 Å². The fraction of sp³-hybridized carbons (Fsp3) is 1.00. The largest absolute Gasteiger partial charge is 0.384 e. The molecule has 0 aromatic rings. The van der Waals surface area contributed by atoms with Gasteiger partial charge >= 0.3 is 0 Å². The molecule has 1 rings (SSSR count). The first-order chi connectivity index (χ1) is 8.97. The van der Waals surface area contributed by atoms with Crippen LogP contribution in [0.5, 0.6) is 0 Å². The maximum atomic E-state index is 5.54. The van der Waals surface area contributed by atoms with Crippen LogP contribution in [-0.4, -0.2) is 51.3 Å². The molecule has 0 atom stereocenters. The summed E-state index contributed by atoms with van der Waals surface area (Å²) in [4.78, 5) is 2.67. The van der Waals surface area contributed by atoms with E-state index in [1.54, 1.807) is 0 Å². The Balaban J connectivity index is 2.65. The molecule has 1 saturated heterocycles. The molecule has 0 aliphatic carbocycles. The summed E-state index contributed by atoms with van der Waals surface area (Å²) in [6.07, 6.45) is 2.49. The van der Waals surface area contributed by atoms with Crippen LogP contribution in [0.4, 0.5) is 0 Å². The maximum absolute atomic E-state index is 5.54. The minimum absolute atomic E-state index is 0.365. The van der Waals surface area contributed by atoms with Crippen LogP contribution >= 0.6 is 0 Å². The van der Waals surface area contributed by atoms with Crippen LogP contribution in [0.15, 0.2) is 0 Å². The molecular formula is C16H34N2O. The molecule has 0 bridgehead atoms. The van der Waals surface area contributed by atoms with Crippen LogP contribution in [0, 0.1) is 17.3 Å². The van der Waals surface area contributed by atoms with Crippen LogP contribution in [0.1, 0.15) is 40.5 Å². The number of rotatable bonds is 8. The molecule has 0 saturated carbocycles. The van der Waals surface area contributed by atoms with E-state index in [0.29, 0.717) is 5.41 Å². The molecule has 3 heteroatoms. The summed E-state index contributed by atoms with van der Waals surface area (Å²) >= 11 is 0. The Labute approximate surface area is 120 Å². The first-order valence-electron chi connectivity index (χ1n) is 7.89. The molecule has 114 valence electrons. The summed E-state index contributed by atoms with van der Waals surface area (Å²) in [5.74, 6) is 1.47. The fourth-order valence-electron chi connectivity index (χ4n) is 3.32. The minimum Gasteiger partial charge on any atom is -0.384 e. The second kappa shape index (κ2) is 8.23. The average Bonchev–Trinajstić information content (AvgIpc) is 2.28. The standard InChI is InChI=1S/C16H34N2O/c1-14(2)10-18(11-15(3)4)12-16(13-19-5)6-8-17-9-7-16/h14-15,17H,6-13H2,1-5H3. The number of hydrogen-bond acceptors (Lipinski definition) is 3. The van der Waals surface area contributed by atoms with Crippen molar-refractivity contribution in [2.75, 3.05) is 46.4 Å². The third-order valence-electron chi connectivity index (χ3n) is 3.92. The number of nitrogens with one attached hydrogen (secondary N) is 1. The normalized spacial score (nSPS) is 19.6. The highest BCUT2D eigenvalue weighted by Crippen LogP contribution is 2.30. The summed E-state index contributed by atoms with van der Waals surface area (Å²) in [5, 5.41) is 3.48. The van der Waals surface area contributed by atoms with Gasteiger partial charge in [-0.2, -0.15) is 0 Å². The van der Waals surface area contributed by atoms with Gasteiger partial charge in [-0.3, -0.25) is 0 Å². The predicted molar refractivity (Wildman–Crippen MR) is 82.5 cm³/mol. The van der Waals surface area contributed by atoms with Gasteiger partial charge in [-0.15, -0.1) is 0 Å². The summed E-state index contributed by atoms with van der Waals surface area (Å²) in [7, 11) is 1.85. The molecule has 0 amide bonds. The first kappa shape index (κ1) is 16.9. The zero-order chi connectivity index (χ0) is 14.3. The van der Waals surface area contributed by atoms with Crippen molar-refractivity contribution >= 4 is 0 Å². The molecule has 0 unspecified atom stereocenters. The smallest absolute Gasteiger partial charge is 0.0531 e. The van der Waals surface area contributed by atoms with Gasteiger partial charge in [-0.25, -0.2) is 0 Å². The van der Waals surface area contributed by atoms with E-state index < -0.39 is 0 Å². The lowest BCUT2D eigenvalue weighted by molar-refractivity contribution is 0.0166. The Hall–Kier alpha value is -0.120. The zero-order valence-electron chi connectivity index (χ0n) is 13.7. The SMILES string of the molecule is COCC1(CN(CC(C)C)CC(C)C)CCNCC1. The quantitative estimate of drug-likeness (QED) is 0.734. The summed E-state index contributed by atoms with van der Waals surface area (Å²) in [6.45, 7) is 16.1. The fourth-order valence-corrected chi connectivity index (χ4v) is 3.32. The number of nitrogens with zero attached hydrogens (tertiary/aromatic N) is 1. The number of methoxy groups -OCH3 is 1. The molecule has 0 aromatic carbocycles. The molecule has 1 heterocycles. The predicted octanol–water partition coefficient (Wildman–Crippen LogP) is 2.62. The van der Waals surface area contributed by atoms with Gasteiger partial charge in [0.1, 0.15) is 0 Å². The third-order valence-corrected chi connectivity index (χ3v) is 3.92. The molecule has 1 aliphatic heterocycles. The van der Waals surface area contributed by atoms with E-state index in [2.05, 4.69) is 37.9 Å². The van der Waals surface area contributed by atoms with Gasteiger partial charge in [0.05, 0.1) is 6.61 Å². The summed E-state index contributed by atoms with van der Waals surface area (Å²) in [6, 6.07) is 0. The van der Waals surface area contributed by atoms with Gasteiger partial charge in [-0.05, 0) is 37.8 Å². The second-order valence-corrected chi connectivity index (χ2v) is 7.16. The van der Waals surface area contributed by atoms with Gasteiger partial charge in [-0.1, -0.05) is 27.7 Å².